The Hall–Kier alpha value is -1.82. The summed E-state index contributed by atoms with van der Waals surface area (Å²) in [5.41, 5.74) is 3.33. The maximum Gasteiger partial charge on any atom is 0.277 e. The largest absolute Gasteiger partial charge is 0.411 e. The highest BCUT2D eigenvalue weighted by Gasteiger charge is 2.23. The predicted octanol–water partition coefficient (Wildman–Crippen LogP) is 3.85. The van der Waals surface area contributed by atoms with Gasteiger partial charge in [-0.05, 0) is 63.3 Å². The molecule has 1 aliphatic rings. The Morgan fingerprint density at radius 2 is 2.12 bits per heavy atom. The normalized spacial score (nSPS) is 18.0. The standard InChI is InChI=1S/C18H23N3O2S/c1-12-7-8-15(10-13(12)2)17-19-20-18(23-17)24-11-16(22)21-9-5-4-6-14(21)3/h7-8,10,14H,4-6,9,11H2,1-3H3/t14-/m0/s1. The van der Waals surface area contributed by atoms with Gasteiger partial charge < -0.3 is 9.32 Å². The molecule has 0 aliphatic carbocycles. The van der Waals surface area contributed by atoms with E-state index in [4.69, 9.17) is 4.42 Å². The Kier molecular flexibility index (Phi) is 5.23. The molecular weight excluding hydrogens is 322 g/mol. The fourth-order valence-electron chi connectivity index (χ4n) is 2.93. The zero-order valence-electron chi connectivity index (χ0n) is 14.4. The van der Waals surface area contributed by atoms with Crippen LogP contribution in [0.1, 0.15) is 37.3 Å². The Labute approximate surface area is 146 Å². The molecule has 1 atom stereocenters. The molecule has 3 rings (SSSR count). The minimum Gasteiger partial charge on any atom is -0.411 e. The van der Waals surface area contributed by atoms with Gasteiger partial charge in [0.25, 0.3) is 5.22 Å². The third kappa shape index (κ3) is 3.80. The number of aromatic nitrogens is 2. The van der Waals surface area contributed by atoms with E-state index in [-0.39, 0.29) is 5.91 Å². The average Bonchev–Trinajstić information content (AvgIpc) is 3.04. The molecule has 2 heterocycles. The fourth-order valence-corrected chi connectivity index (χ4v) is 3.58. The Morgan fingerprint density at radius 1 is 1.29 bits per heavy atom. The van der Waals surface area contributed by atoms with Crippen molar-refractivity contribution in [3.05, 3.63) is 29.3 Å². The van der Waals surface area contributed by atoms with E-state index in [1.807, 2.05) is 23.1 Å². The summed E-state index contributed by atoms with van der Waals surface area (Å²) in [6.45, 7) is 7.11. The van der Waals surface area contributed by atoms with Crippen LogP contribution in [0.2, 0.25) is 0 Å². The number of carbonyl (C=O) groups excluding carboxylic acids is 1. The number of amides is 1. The van der Waals surface area contributed by atoms with Crippen molar-refractivity contribution in [1.29, 1.82) is 0 Å². The number of piperidine rings is 1. The number of hydrogen-bond donors (Lipinski definition) is 0. The van der Waals surface area contributed by atoms with Gasteiger partial charge in [-0.3, -0.25) is 4.79 Å². The number of rotatable bonds is 4. The molecule has 6 heteroatoms. The minimum atomic E-state index is 0.151. The van der Waals surface area contributed by atoms with Crippen molar-refractivity contribution in [1.82, 2.24) is 15.1 Å². The number of carbonyl (C=O) groups is 1. The molecule has 1 aliphatic heterocycles. The summed E-state index contributed by atoms with van der Waals surface area (Å²) in [5, 5.41) is 8.60. The highest BCUT2D eigenvalue weighted by atomic mass is 32.2. The first-order valence-electron chi connectivity index (χ1n) is 8.38. The van der Waals surface area contributed by atoms with Gasteiger partial charge in [0.15, 0.2) is 0 Å². The van der Waals surface area contributed by atoms with Gasteiger partial charge in [0.1, 0.15) is 0 Å². The second-order valence-corrected chi connectivity index (χ2v) is 7.32. The number of likely N-dealkylation sites (tertiary alicyclic amines) is 1. The molecule has 2 aromatic rings. The lowest BCUT2D eigenvalue weighted by Gasteiger charge is -2.33. The van der Waals surface area contributed by atoms with Crippen LogP contribution in [-0.2, 0) is 4.79 Å². The molecule has 1 fully saturated rings. The van der Waals surface area contributed by atoms with E-state index < -0.39 is 0 Å². The summed E-state index contributed by atoms with van der Waals surface area (Å²) in [4.78, 5) is 14.3. The number of aryl methyl sites for hydroxylation is 2. The van der Waals surface area contributed by atoms with Gasteiger partial charge in [-0.2, -0.15) is 0 Å². The van der Waals surface area contributed by atoms with Crippen LogP contribution in [-0.4, -0.2) is 39.3 Å². The van der Waals surface area contributed by atoms with Crippen LogP contribution in [0.25, 0.3) is 11.5 Å². The van der Waals surface area contributed by atoms with Crippen LogP contribution < -0.4 is 0 Å². The second-order valence-electron chi connectivity index (χ2n) is 6.39. The Morgan fingerprint density at radius 3 is 2.88 bits per heavy atom. The summed E-state index contributed by atoms with van der Waals surface area (Å²) in [5.74, 6) is 0.997. The van der Waals surface area contributed by atoms with E-state index in [0.29, 0.717) is 22.9 Å². The molecule has 5 nitrogen and oxygen atoms in total. The summed E-state index contributed by atoms with van der Waals surface area (Å²) in [7, 11) is 0. The number of nitrogens with zero attached hydrogens (tertiary/aromatic N) is 3. The zero-order chi connectivity index (χ0) is 17.1. The Bertz CT molecular complexity index is 729. The topological polar surface area (TPSA) is 59.2 Å². The van der Waals surface area contributed by atoms with Crippen molar-refractivity contribution in [3.8, 4) is 11.5 Å². The first-order valence-corrected chi connectivity index (χ1v) is 9.36. The lowest BCUT2D eigenvalue weighted by atomic mass is 10.0. The maximum atomic E-state index is 12.4. The first kappa shape index (κ1) is 17.0. The maximum absolute atomic E-state index is 12.4. The lowest BCUT2D eigenvalue weighted by molar-refractivity contribution is -0.131. The number of benzene rings is 1. The van der Waals surface area contributed by atoms with Gasteiger partial charge in [-0.1, -0.05) is 17.8 Å². The van der Waals surface area contributed by atoms with Gasteiger partial charge >= 0.3 is 0 Å². The number of hydrogen-bond acceptors (Lipinski definition) is 5. The van der Waals surface area contributed by atoms with Gasteiger partial charge in [-0.15, -0.1) is 10.2 Å². The van der Waals surface area contributed by atoms with Crippen molar-refractivity contribution in [2.24, 2.45) is 0 Å². The van der Waals surface area contributed by atoms with Crippen molar-refractivity contribution >= 4 is 17.7 Å². The molecule has 1 amide bonds. The number of thioether (sulfide) groups is 1. The third-order valence-corrected chi connectivity index (χ3v) is 5.41. The van der Waals surface area contributed by atoms with E-state index in [1.54, 1.807) is 0 Å². The zero-order valence-corrected chi connectivity index (χ0v) is 15.2. The molecule has 24 heavy (non-hydrogen) atoms. The van der Waals surface area contributed by atoms with Crippen molar-refractivity contribution in [3.63, 3.8) is 0 Å². The minimum absolute atomic E-state index is 0.151. The van der Waals surface area contributed by atoms with E-state index >= 15 is 0 Å². The monoisotopic (exact) mass is 345 g/mol. The van der Waals surface area contributed by atoms with E-state index in [2.05, 4.69) is 31.0 Å². The summed E-state index contributed by atoms with van der Waals surface area (Å²) >= 11 is 1.32. The fraction of sp³-hybridized carbons (Fsp3) is 0.500. The van der Waals surface area contributed by atoms with E-state index in [0.717, 1.165) is 24.9 Å². The van der Waals surface area contributed by atoms with Gasteiger partial charge in [-0.25, -0.2) is 0 Å². The van der Waals surface area contributed by atoms with Crippen LogP contribution in [0.3, 0.4) is 0 Å². The van der Waals surface area contributed by atoms with Crippen LogP contribution in [0.5, 0.6) is 0 Å². The second kappa shape index (κ2) is 7.38. The smallest absolute Gasteiger partial charge is 0.277 e. The molecular formula is C18H23N3O2S. The molecule has 1 aromatic carbocycles. The molecule has 0 saturated carbocycles. The highest BCUT2D eigenvalue weighted by Crippen LogP contribution is 2.25. The van der Waals surface area contributed by atoms with E-state index in [1.165, 1.54) is 29.3 Å². The molecule has 0 bridgehead atoms. The van der Waals surface area contributed by atoms with Crippen molar-refractivity contribution < 1.29 is 9.21 Å². The molecule has 0 spiro atoms. The quantitative estimate of drug-likeness (QED) is 0.788. The molecule has 1 aromatic heterocycles. The molecule has 0 N–H and O–H groups in total. The molecule has 0 radical (unpaired) electrons. The lowest BCUT2D eigenvalue weighted by Crippen LogP contribution is -2.42. The highest BCUT2D eigenvalue weighted by molar-refractivity contribution is 7.99. The molecule has 0 unspecified atom stereocenters. The van der Waals surface area contributed by atoms with Crippen LogP contribution in [0, 0.1) is 13.8 Å². The summed E-state index contributed by atoms with van der Waals surface area (Å²) < 4.78 is 5.70. The van der Waals surface area contributed by atoms with Gasteiger partial charge in [0.2, 0.25) is 11.8 Å². The average molecular weight is 345 g/mol. The first-order chi connectivity index (χ1) is 11.5. The summed E-state index contributed by atoms with van der Waals surface area (Å²) in [6.07, 6.45) is 3.40. The van der Waals surface area contributed by atoms with Crippen molar-refractivity contribution in [2.45, 2.75) is 51.3 Å². The third-order valence-electron chi connectivity index (χ3n) is 4.60. The SMILES string of the molecule is Cc1ccc(-c2nnc(SCC(=O)N3CCCC[C@@H]3C)o2)cc1C. The van der Waals surface area contributed by atoms with E-state index in [9.17, 15) is 4.79 Å². The van der Waals surface area contributed by atoms with Gasteiger partial charge in [0, 0.05) is 18.2 Å². The predicted molar refractivity (Wildman–Crippen MR) is 95.0 cm³/mol. The van der Waals surface area contributed by atoms with Gasteiger partial charge in [0.05, 0.1) is 5.75 Å². The van der Waals surface area contributed by atoms with Crippen LogP contribution in [0.4, 0.5) is 0 Å². The molecule has 128 valence electrons. The van der Waals surface area contributed by atoms with Crippen molar-refractivity contribution in [2.75, 3.05) is 12.3 Å². The Balaban J connectivity index is 1.61. The summed E-state index contributed by atoms with van der Waals surface area (Å²) in [6, 6.07) is 6.40. The van der Waals surface area contributed by atoms with Crippen LogP contribution in [0.15, 0.2) is 27.8 Å². The van der Waals surface area contributed by atoms with Crippen LogP contribution >= 0.6 is 11.8 Å². The molecule has 1 saturated heterocycles.